The van der Waals surface area contributed by atoms with Crippen LogP contribution in [0.1, 0.15) is 40.4 Å². The zero-order valence-corrected chi connectivity index (χ0v) is 21.6. The number of carboxylic acid groups (broad SMARTS) is 1. The Hall–Kier alpha value is -4.11. The minimum atomic E-state index is -0.985. The van der Waals surface area contributed by atoms with E-state index >= 15 is 0 Å². The summed E-state index contributed by atoms with van der Waals surface area (Å²) in [6, 6.07) is 18.6. The average molecular weight is 536 g/mol. The molecule has 4 rings (SSSR count). The van der Waals surface area contributed by atoms with Crippen molar-refractivity contribution < 1.29 is 23.5 Å². The van der Waals surface area contributed by atoms with Crippen LogP contribution in [0, 0.1) is 11.6 Å². The molecule has 2 N–H and O–H groups in total. The van der Waals surface area contributed by atoms with E-state index in [4.69, 9.17) is 10.1 Å². The number of hydrogen-bond donors (Lipinski definition) is 2. The van der Waals surface area contributed by atoms with Crippen molar-refractivity contribution in [2.75, 3.05) is 11.4 Å². The van der Waals surface area contributed by atoms with Gasteiger partial charge < -0.3 is 15.3 Å². The van der Waals surface area contributed by atoms with Gasteiger partial charge in [-0.15, -0.1) is 11.3 Å². The number of nitrogens with one attached hydrogen (secondary N) is 1. The molecule has 0 aliphatic rings. The second-order valence-corrected chi connectivity index (χ2v) is 9.59. The topological polar surface area (TPSA) is 82.5 Å². The molecule has 0 aliphatic carbocycles. The summed E-state index contributed by atoms with van der Waals surface area (Å²) in [7, 11) is 0. The fourth-order valence-corrected chi connectivity index (χ4v) is 4.70. The molecule has 0 fully saturated rings. The number of nitrogens with zero attached hydrogens (tertiary/aromatic N) is 2. The van der Waals surface area contributed by atoms with E-state index in [2.05, 4.69) is 24.4 Å². The molecule has 0 saturated heterocycles. The third kappa shape index (κ3) is 7.01. The Bertz CT molecular complexity index is 1410. The molecule has 0 radical (unpaired) electrons. The maximum atomic E-state index is 14.5. The summed E-state index contributed by atoms with van der Waals surface area (Å²) < 4.78 is 28.0. The number of anilines is 1. The highest BCUT2D eigenvalue weighted by atomic mass is 32.1. The van der Waals surface area contributed by atoms with Crippen LogP contribution in [0.25, 0.3) is 11.3 Å². The lowest BCUT2D eigenvalue weighted by molar-refractivity contribution is -0.136. The average Bonchev–Trinajstić information content (AvgIpc) is 3.40. The second-order valence-electron chi connectivity index (χ2n) is 8.75. The van der Waals surface area contributed by atoms with E-state index in [0.29, 0.717) is 22.8 Å². The van der Waals surface area contributed by atoms with Gasteiger partial charge in [0.05, 0.1) is 12.1 Å². The molecule has 6 nitrogen and oxygen atoms in total. The maximum Gasteiger partial charge on any atom is 0.305 e. The molecule has 1 aromatic heterocycles. The van der Waals surface area contributed by atoms with Gasteiger partial charge in [-0.05, 0) is 35.7 Å². The number of rotatable bonds is 11. The van der Waals surface area contributed by atoms with Crippen LogP contribution in [0.4, 0.5) is 13.9 Å². The van der Waals surface area contributed by atoms with E-state index < -0.39 is 17.6 Å². The largest absolute Gasteiger partial charge is 0.481 e. The van der Waals surface area contributed by atoms with Crippen LogP contribution in [-0.2, 0) is 24.3 Å². The summed E-state index contributed by atoms with van der Waals surface area (Å²) in [5.74, 6) is -2.61. The molecule has 38 heavy (non-hydrogen) atoms. The van der Waals surface area contributed by atoms with Crippen LogP contribution in [0.5, 0.6) is 0 Å². The molecule has 0 aliphatic heterocycles. The van der Waals surface area contributed by atoms with Crippen LogP contribution in [-0.4, -0.2) is 28.5 Å². The Balaban J connectivity index is 1.55. The van der Waals surface area contributed by atoms with Gasteiger partial charge in [-0.2, -0.15) is 0 Å². The minimum Gasteiger partial charge on any atom is -0.481 e. The molecular weight excluding hydrogens is 508 g/mol. The molecule has 1 amide bonds. The fourth-order valence-electron chi connectivity index (χ4n) is 3.87. The summed E-state index contributed by atoms with van der Waals surface area (Å²) >= 11 is 1.44. The zero-order valence-electron chi connectivity index (χ0n) is 20.8. The molecule has 196 valence electrons. The van der Waals surface area contributed by atoms with Crippen molar-refractivity contribution in [2.24, 2.45) is 0 Å². The molecule has 0 saturated carbocycles. The first-order chi connectivity index (χ1) is 18.3. The van der Waals surface area contributed by atoms with Crippen LogP contribution in [0.2, 0.25) is 0 Å². The Labute approximate surface area is 223 Å². The number of aliphatic carboxylic acids is 1. The van der Waals surface area contributed by atoms with E-state index in [0.717, 1.165) is 29.3 Å². The van der Waals surface area contributed by atoms with Crippen molar-refractivity contribution in [1.29, 1.82) is 0 Å². The van der Waals surface area contributed by atoms with Gasteiger partial charge in [-0.25, -0.2) is 13.8 Å². The maximum absolute atomic E-state index is 14.5. The number of hydrogen-bond acceptors (Lipinski definition) is 5. The van der Waals surface area contributed by atoms with Crippen molar-refractivity contribution in [3.63, 3.8) is 0 Å². The van der Waals surface area contributed by atoms with E-state index in [1.54, 1.807) is 24.3 Å². The van der Waals surface area contributed by atoms with Gasteiger partial charge in [0.2, 0.25) is 0 Å². The van der Waals surface area contributed by atoms with Gasteiger partial charge in [0, 0.05) is 47.8 Å². The molecule has 0 spiro atoms. The number of carbonyl (C=O) groups excluding carboxylic acids is 1. The Morgan fingerprint density at radius 1 is 0.974 bits per heavy atom. The second kappa shape index (κ2) is 12.4. The third-order valence-corrected chi connectivity index (χ3v) is 6.91. The molecule has 0 bridgehead atoms. The lowest BCUT2D eigenvalue weighted by Gasteiger charge is -2.22. The molecule has 1 heterocycles. The SMILES string of the molecule is CCc1ccc(-c2csc(N(Cc3ccc(C(=O)NCCC(=O)O)cc3)Cc3ccc(F)cc3F)n2)cc1. The first kappa shape index (κ1) is 26.9. The summed E-state index contributed by atoms with van der Waals surface area (Å²) in [5, 5.41) is 13.9. The number of halogens is 2. The van der Waals surface area contributed by atoms with Crippen molar-refractivity contribution in [1.82, 2.24) is 10.3 Å². The van der Waals surface area contributed by atoms with Gasteiger partial charge in [-0.1, -0.05) is 49.4 Å². The number of carboxylic acids is 1. The Morgan fingerprint density at radius 2 is 1.68 bits per heavy atom. The first-order valence-corrected chi connectivity index (χ1v) is 13.0. The van der Waals surface area contributed by atoms with E-state index in [9.17, 15) is 18.4 Å². The third-order valence-electron chi connectivity index (χ3n) is 6.01. The van der Waals surface area contributed by atoms with E-state index in [-0.39, 0.29) is 25.4 Å². The Kier molecular flexibility index (Phi) is 8.81. The van der Waals surface area contributed by atoms with Crippen LogP contribution in [0.15, 0.2) is 72.1 Å². The van der Waals surface area contributed by atoms with E-state index in [1.165, 1.54) is 29.0 Å². The molecule has 3 aromatic carbocycles. The van der Waals surface area contributed by atoms with Gasteiger partial charge in [0.15, 0.2) is 5.13 Å². The lowest BCUT2D eigenvalue weighted by atomic mass is 10.1. The molecule has 4 aromatic rings. The Morgan fingerprint density at radius 3 is 2.34 bits per heavy atom. The van der Waals surface area contributed by atoms with Crippen molar-refractivity contribution in [3.05, 3.63) is 106 Å². The summed E-state index contributed by atoms with van der Waals surface area (Å²) in [4.78, 5) is 29.6. The summed E-state index contributed by atoms with van der Waals surface area (Å²) in [6.45, 7) is 2.69. The van der Waals surface area contributed by atoms with Crippen molar-refractivity contribution >= 4 is 28.3 Å². The highest BCUT2D eigenvalue weighted by molar-refractivity contribution is 7.14. The minimum absolute atomic E-state index is 0.0421. The highest BCUT2D eigenvalue weighted by Crippen LogP contribution is 2.30. The normalized spacial score (nSPS) is 10.8. The highest BCUT2D eigenvalue weighted by Gasteiger charge is 2.17. The summed E-state index contributed by atoms with van der Waals surface area (Å²) in [6.07, 6.45) is 0.791. The number of amides is 1. The van der Waals surface area contributed by atoms with Crippen LogP contribution < -0.4 is 10.2 Å². The molecule has 9 heteroatoms. The predicted molar refractivity (Wildman–Crippen MR) is 144 cm³/mol. The van der Waals surface area contributed by atoms with Crippen LogP contribution >= 0.6 is 11.3 Å². The van der Waals surface area contributed by atoms with Crippen molar-refractivity contribution in [3.8, 4) is 11.3 Å². The fraction of sp³-hybridized carbons (Fsp3) is 0.207. The zero-order chi connectivity index (χ0) is 27.1. The number of carbonyl (C=O) groups is 2. The van der Waals surface area contributed by atoms with Gasteiger partial charge in [-0.3, -0.25) is 9.59 Å². The lowest BCUT2D eigenvalue weighted by Crippen LogP contribution is -2.26. The number of benzene rings is 3. The van der Waals surface area contributed by atoms with Gasteiger partial charge >= 0.3 is 5.97 Å². The van der Waals surface area contributed by atoms with Crippen LogP contribution in [0.3, 0.4) is 0 Å². The number of thiazole rings is 1. The summed E-state index contributed by atoms with van der Waals surface area (Å²) in [5.41, 5.74) is 4.63. The van der Waals surface area contributed by atoms with Gasteiger partial charge in [0.1, 0.15) is 11.6 Å². The predicted octanol–water partition coefficient (Wildman–Crippen LogP) is 6.06. The number of aryl methyl sites for hydroxylation is 1. The van der Waals surface area contributed by atoms with Gasteiger partial charge in [0.25, 0.3) is 5.91 Å². The first-order valence-electron chi connectivity index (χ1n) is 12.1. The number of aromatic nitrogens is 1. The monoisotopic (exact) mass is 535 g/mol. The smallest absolute Gasteiger partial charge is 0.305 e. The quantitative estimate of drug-likeness (QED) is 0.244. The molecular formula is C29H27F2N3O3S. The standard InChI is InChI=1S/C29H27F2N3O3S/c1-2-19-3-7-21(8-4-19)26-18-38-29(33-26)34(17-23-11-12-24(30)15-25(23)31)16-20-5-9-22(10-6-20)28(37)32-14-13-27(35)36/h3-12,15,18H,2,13-14,16-17H2,1H3,(H,32,37)(H,35,36). The van der Waals surface area contributed by atoms with Crippen molar-refractivity contribution in [2.45, 2.75) is 32.9 Å². The van der Waals surface area contributed by atoms with E-state index in [1.807, 2.05) is 22.4 Å². The molecule has 0 unspecified atom stereocenters. The molecule has 0 atom stereocenters.